The second-order valence-corrected chi connectivity index (χ2v) is 5.37. The molecule has 1 unspecified atom stereocenters. The second kappa shape index (κ2) is 7.41. The van der Waals surface area contributed by atoms with Crippen LogP contribution in [0.2, 0.25) is 0 Å². The minimum atomic E-state index is -0.127. The number of benzene rings is 1. The highest BCUT2D eigenvalue weighted by molar-refractivity contribution is 5.69. The van der Waals surface area contributed by atoms with E-state index in [0.29, 0.717) is 6.42 Å². The molecule has 2 rings (SSSR count). The number of carbonyl (C=O) groups excluding carboxylic acids is 1. The van der Waals surface area contributed by atoms with Gasteiger partial charge < -0.3 is 9.84 Å². The molecule has 0 saturated carbocycles. The largest absolute Gasteiger partial charge is 0.469 e. The fourth-order valence-electron chi connectivity index (χ4n) is 2.76. The summed E-state index contributed by atoms with van der Waals surface area (Å²) in [6.45, 7) is 1.96. The van der Waals surface area contributed by atoms with Crippen molar-refractivity contribution in [3.05, 3.63) is 35.4 Å². The van der Waals surface area contributed by atoms with Gasteiger partial charge in [-0.05, 0) is 30.5 Å². The van der Waals surface area contributed by atoms with Crippen LogP contribution < -0.4 is 0 Å². The van der Waals surface area contributed by atoms with E-state index in [1.807, 2.05) is 12.1 Å². The van der Waals surface area contributed by atoms with Crippen molar-refractivity contribution in [1.29, 1.82) is 0 Å². The van der Waals surface area contributed by atoms with Crippen molar-refractivity contribution < 1.29 is 14.6 Å². The first-order valence-electron chi connectivity index (χ1n) is 7.22. The summed E-state index contributed by atoms with van der Waals surface area (Å²) in [6.07, 6.45) is 3.91. The molecule has 0 amide bonds. The number of carbonyl (C=O) groups is 1. The molecule has 1 fully saturated rings. The van der Waals surface area contributed by atoms with Crippen LogP contribution in [0.4, 0.5) is 0 Å². The molecule has 1 aliphatic rings. The Morgan fingerprint density at radius 3 is 2.65 bits per heavy atom. The number of aliphatic hydroxyl groups excluding tert-OH is 1. The van der Waals surface area contributed by atoms with Crippen LogP contribution in [0.3, 0.4) is 0 Å². The van der Waals surface area contributed by atoms with E-state index in [2.05, 4.69) is 17.0 Å². The highest BCUT2D eigenvalue weighted by Crippen LogP contribution is 2.22. The van der Waals surface area contributed by atoms with E-state index in [1.54, 1.807) is 0 Å². The minimum absolute atomic E-state index is 0.0783. The molecule has 1 saturated heterocycles. The molecule has 0 bridgehead atoms. The number of rotatable bonds is 5. The molecular weight excluding hydrogens is 254 g/mol. The number of hydrogen-bond acceptors (Lipinski definition) is 4. The van der Waals surface area contributed by atoms with Gasteiger partial charge in [-0.2, -0.15) is 0 Å². The van der Waals surface area contributed by atoms with E-state index >= 15 is 0 Å². The summed E-state index contributed by atoms with van der Waals surface area (Å²) in [4.78, 5) is 13.9. The van der Waals surface area contributed by atoms with Gasteiger partial charge in [0.25, 0.3) is 0 Å². The third-order valence-corrected chi connectivity index (χ3v) is 3.97. The smallest absolute Gasteiger partial charge is 0.307 e. The van der Waals surface area contributed by atoms with Gasteiger partial charge in [0.1, 0.15) is 0 Å². The van der Waals surface area contributed by atoms with Crippen LogP contribution >= 0.6 is 0 Å². The Morgan fingerprint density at radius 1 is 1.30 bits per heavy atom. The molecule has 4 nitrogen and oxygen atoms in total. The second-order valence-electron chi connectivity index (χ2n) is 5.37. The van der Waals surface area contributed by atoms with Crippen LogP contribution in [-0.2, 0) is 22.7 Å². The Balaban J connectivity index is 1.98. The monoisotopic (exact) mass is 277 g/mol. The molecule has 0 radical (unpaired) electrons. The first kappa shape index (κ1) is 15.0. The van der Waals surface area contributed by atoms with E-state index < -0.39 is 0 Å². The molecule has 1 aromatic rings. The van der Waals surface area contributed by atoms with Crippen molar-refractivity contribution in [2.24, 2.45) is 0 Å². The summed E-state index contributed by atoms with van der Waals surface area (Å²) in [6, 6.07) is 8.29. The van der Waals surface area contributed by atoms with Gasteiger partial charge in [-0.25, -0.2) is 0 Å². The third-order valence-electron chi connectivity index (χ3n) is 3.97. The highest BCUT2D eigenvalue weighted by Gasteiger charge is 2.24. The Kier molecular flexibility index (Phi) is 5.56. The topological polar surface area (TPSA) is 49.8 Å². The summed E-state index contributed by atoms with van der Waals surface area (Å²) in [5.41, 5.74) is 2.15. The third kappa shape index (κ3) is 4.05. The van der Waals surface area contributed by atoms with Crippen molar-refractivity contribution in [2.75, 3.05) is 13.7 Å². The maximum atomic E-state index is 11.5. The van der Waals surface area contributed by atoms with Crippen LogP contribution in [0.25, 0.3) is 0 Å². The molecule has 1 heterocycles. The number of aliphatic hydroxyl groups is 1. The van der Waals surface area contributed by atoms with Gasteiger partial charge in [-0.3, -0.25) is 9.69 Å². The Morgan fingerprint density at radius 2 is 2.00 bits per heavy atom. The van der Waals surface area contributed by atoms with Gasteiger partial charge >= 0.3 is 5.97 Å². The summed E-state index contributed by atoms with van der Waals surface area (Å²) in [5.74, 6) is -0.127. The summed E-state index contributed by atoms with van der Waals surface area (Å²) in [5, 5.41) is 9.06. The zero-order valence-corrected chi connectivity index (χ0v) is 12.0. The molecule has 1 atom stereocenters. The lowest BCUT2D eigenvalue weighted by Crippen LogP contribution is -2.40. The first-order chi connectivity index (χ1) is 9.72. The molecule has 0 aromatic heterocycles. The zero-order valence-electron chi connectivity index (χ0n) is 12.0. The fraction of sp³-hybridized carbons (Fsp3) is 0.562. The molecule has 0 aliphatic carbocycles. The summed E-state index contributed by atoms with van der Waals surface area (Å²) in [7, 11) is 1.45. The van der Waals surface area contributed by atoms with Gasteiger partial charge in [0.2, 0.25) is 0 Å². The number of likely N-dealkylation sites (tertiary alicyclic amines) is 1. The van der Waals surface area contributed by atoms with Crippen LogP contribution in [-0.4, -0.2) is 35.7 Å². The lowest BCUT2D eigenvalue weighted by Gasteiger charge is -2.35. The Hall–Kier alpha value is -1.39. The number of piperidine rings is 1. The van der Waals surface area contributed by atoms with Crippen molar-refractivity contribution in [3.8, 4) is 0 Å². The normalized spacial score (nSPS) is 19.8. The average molecular weight is 277 g/mol. The standard InChI is InChI=1S/C16H23NO3/c1-20-16(19)10-15-4-2-3-9-17(15)11-13-5-7-14(12-18)8-6-13/h5-8,15,18H,2-4,9-12H2,1H3. The van der Waals surface area contributed by atoms with E-state index in [0.717, 1.165) is 25.1 Å². The Labute approximate surface area is 120 Å². The molecule has 1 aromatic carbocycles. The van der Waals surface area contributed by atoms with Gasteiger partial charge in [0, 0.05) is 12.6 Å². The van der Waals surface area contributed by atoms with Crippen molar-refractivity contribution >= 4 is 5.97 Å². The number of ether oxygens (including phenoxy) is 1. The zero-order chi connectivity index (χ0) is 14.4. The summed E-state index contributed by atoms with van der Waals surface area (Å²) < 4.78 is 4.79. The minimum Gasteiger partial charge on any atom is -0.469 e. The van der Waals surface area contributed by atoms with Crippen LogP contribution in [0.1, 0.15) is 36.8 Å². The average Bonchev–Trinajstić information content (AvgIpc) is 2.50. The lowest BCUT2D eigenvalue weighted by molar-refractivity contribution is -0.142. The molecule has 1 N–H and O–H groups in total. The SMILES string of the molecule is COC(=O)CC1CCCCN1Cc1ccc(CO)cc1. The van der Waals surface area contributed by atoms with Crippen molar-refractivity contribution in [1.82, 2.24) is 4.90 Å². The van der Waals surface area contributed by atoms with Crippen LogP contribution in [0.15, 0.2) is 24.3 Å². The quantitative estimate of drug-likeness (QED) is 0.837. The molecule has 0 spiro atoms. The summed E-state index contributed by atoms with van der Waals surface area (Å²) >= 11 is 0. The number of nitrogens with zero attached hydrogens (tertiary/aromatic N) is 1. The molecular formula is C16H23NO3. The van der Waals surface area contributed by atoms with Gasteiger partial charge in [0.05, 0.1) is 20.1 Å². The van der Waals surface area contributed by atoms with Gasteiger partial charge in [-0.1, -0.05) is 30.7 Å². The van der Waals surface area contributed by atoms with E-state index in [9.17, 15) is 4.79 Å². The number of hydrogen-bond donors (Lipinski definition) is 1. The van der Waals surface area contributed by atoms with E-state index in [-0.39, 0.29) is 18.6 Å². The predicted molar refractivity (Wildman–Crippen MR) is 77.0 cm³/mol. The number of methoxy groups -OCH3 is 1. The molecule has 110 valence electrons. The van der Waals surface area contributed by atoms with Crippen LogP contribution in [0.5, 0.6) is 0 Å². The molecule has 4 heteroatoms. The van der Waals surface area contributed by atoms with Gasteiger partial charge in [-0.15, -0.1) is 0 Å². The Bertz CT molecular complexity index is 430. The first-order valence-corrected chi connectivity index (χ1v) is 7.22. The fourth-order valence-corrected chi connectivity index (χ4v) is 2.76. The number of esters is 1. The highest BCUT2D eigenvalue weighted by atomic mass is 16.5. The lowest BCUT2D eigenvalue weighted by atomic mass is 9.98. The maximum absolute atomic E-state index is 11.5. The maximum Gasteiger partial charge on any atom is 0.307 e. The van der Waals surface area contributed by atoms with Crippen molar-refractivity contribution in [3.63, 3.8) is 0 Å². The molecule has 20 heavy (non-hydrogen) atoms. The predicted octanol–water partition coefficient (Wildman–Crippen LogP) is 2.10. The van der Waals surface area contributed by atoms with Crippen LogP contribution in [0, 0.1) is 0 Å². The van der Waals surface area contributed by atoms with E-state index in [4.69, 9.17) is 9.84 Å². The van der Waals surface area contributed by atoms with E-state index in [1.165, 1.54) is 25.5 Å². The molecule has 1 aliphatic heterocycles. The van der Waals surface area contributed by atoms with Gasteiger partial charge in [0.15, 0.2) is 0 Å². The van der Waals surface area contributed by atoms with Crippen molar-refractivity contribution in [2.45, 2.75) is 44.9 Å².